The monoisotopic (exact) mass is 211 g/mol. The molecule has 82 valence electrons. The average molecular weight is 211 g/mol. The van der Waals surface area contributed by atoms with Crippen LogP contribution < -0.4 is 0 Å². The Labute approximate surface area is 86.3 Å². The minimum absolute atomic E-state index is 0.145. The van der Waals surface area contributed by atoms with Gasteiger partial charge in [0, 0.05) is 4.91 Å². The minimum atomic E-state index is -1.04. The zero-order valence-corrected chi connectivity index (χ0v) is 8.62. The maximum atomic E-state index is 10.0. The standard InChI is InChI=1S/C7H13N7O/c1-3-7(4-2,11-12-8)5(15)6-9-13-14-10-6/h5,15H,3-4H2,1-2H3,(H,9,10,13,14). The number of nitrogens with one attached hydrogen (secondary N) is 1. The number of tetrazole rings is 1. The molecular weight excluding hydrogens is 198 g/mol. The molecule has 1 heterocycles. The van der Waals surface area contributed by atoms with E-state index in [1.807, 2.05) is 13.8 Å². The first kappa shape index (κ1) is 11.4. The van der Waals surface area contributed by atoms with Gasteiger partial charge in [0.15, 0.2) is 0 Å². The molecule has 2 N–H and O–H groups in total. The smallest absolute Gasteiger partial charge is 0.203 e. The second-order valence-electron chi connectivity index (χ2n) is 3.17. The van der Waals surface area contributed by atoms with Crippen molar-refractivity contribution < 1.29 is 5.11 Å². The lowest BCUT2D eigenvalue weighted by Gasteiger charge is -2.29. The van der Waals surface area contributed by atoms with Crippen molar-refractivity contribution in [1.29, 1.82) is 0 Å². The highest BCUT2D eigenvalue weighted by Crippen LogP contribution is 2.33. The molecule has 0 saturated carbocycles. The number of nitrogens with zero attached hydrogens (tertiary/aromatic N) is 6. The second kappa shape index (κ2) is 4.72. The van der Waals surface area contributed by atoms with E-state index in [2.05, 4.69) is 30.7 Å². The van der Waals surface area contributed by atoms with E-state index in [0.717, 1.165) is 0 Å². The summed E-state index contributed by atoms with van der Waals surface area (Å²) in [7, 11) is 0. The fourth-order valence-corrected chi connectivity index (χ4v) is 1.45. The molecule has 0 spiro atoms. The number of rotatable bonds is 5. The Morgan fingerprint density at radius 3 is 2.67 bits per heavy atom. The normalized spacial score (nSPS) is 13.3. The number of hydrogen-bond acceptors (Lipinski definition) is 5. The molecule has 1 aromatic rings. The molecule has 0 aromatic carbocycles. The van der Waals surface area contributed by atoms with E-state index in [1.54, 1.807) is 0 Å². The summed E-state index contributed by atoms with van der Waals surface area (Å²) in [4.78, 5) is 2.76. The molecule has 1 atom stereocenters. The molecule has 0 aliphatic carbocycles. The number of hydrogen-bond donors (Lipinski definition) is 2. The SMILES string of the molecule is CCC(CC)(N=[N+]=[N-])C(O)c1nn[nH]n1. The molecule has 0 bridgehead atoms. The number of H-pyrrole nitrogens is 1. The van der Waals surface area contributed by atoms with Gasteiger partial charge in [-0.3, -0.25) is 0 Å². The third kappa shape index (κ3) is 2.05. The van der Waals surface area contributed by atoms with Gasteiger partial charge in [0.2, 0.25) is 5.82 Å². The summed E-state index contributed by atoms with van der Waals surface area (Å²) in [6.45, 7) is 3.67. The van der Waals surface area contributed by atoms with Crippen LogP contribution in [0.25, 0.3) is 10.4 Å². The van der Waals surface area contributed by atoms with Crippen molar-refractivity contribution in [3.63, 3.8) is 0 Å². The van der Waals surface area contributed by atoms with Crippen molar-refractivity contribution >= 4 is 0 Å². The number of aliphatic hydroxyl groups excluding tert-OH is 1. The van der Waals surface area contributed by atoms with Crippen molar-refractivity contribution in [1.82, 2.24) is 20.6 Å². The van der Waals surface area contributed by atoms with Crippen molar-refractivity contribution in [2.24, 2.45) is 5.11 Å². The first-order valence-corrected chi connectivity index (χ1v) is 4.67. The predicted octanol–water partition coefficient (Wildman–Crippen LogP) is 1.10. The summed E-state index contributed by atoms with van der Waals surface area (Å²) in [5.41, 5.74) is 7.59. The highest BCUT2D eigenvalue weighted by Gasteiger charge is 2.37. The largest absolute Gasteiger partial charge is 0.384 e. The Balaban J connectivity index is 3.04. The van der Waals surface area contributed by atoms with Crippen LogP contribution in [0.15, 0.2) is 5.11 Å². The predicted molar refractivity (Wildman–Crippen MR) is 51.6 cm³/mol. The Kier molecular flexibility index (Phi) is 3.59. The molecular formula is C7H13N7O. The first-order chi connectivity index (χ1) is 7.20. The lowest BCUT2D eigenvalue weighted by atomic mass is 9.87. The van der Waals surface area contributed by atoms with Crippen molar-refractivity contribution in [2.75, 3.05) is 0 Å². The van der Waals surface area contributed by atoms with Crippen LogP contribution in [0.5, 0.6) is 0 Å². The molecule has 15 heavy (non-hydrogen) atoms. The molecule has 1 rings (SSSR count). The highest BCUT2D eigenvalue weighted by atomic mass is 16.3. The van der Waals surface area contributed by atoms with E-state index in [1.165, 1.54) is 0 Å². The van der Waals surface area contributed by atoms with Gasteiger partial charge in [0.1, 0.15) is 6.10 Å². The van der Waals surface area contributed by atoms with E-state index in [0.29, 0.717) is 12.8 Å². The Hall–Kier alpha value is -1.66. The summed E-state index contributed by atoms with van der Waals surface area (Å²) < 4.78 is 0. The molecule has 8 heteroatoms. The number of aliphatic hydroxyl groups is 1. The van der Waals surface area contributed by atoms with Gasteiger partial charge in [-0.05, 0) is 18.4 Å². The van der Waals surface area contributed by atoms with E-state index in [4.69, 9.17) is 5.53 Å². The van der Waals surface area contributed by atoms with E-state index in [-0.39, 0.29) is 5.82 Å². The Morgan fingerprint density at radius 1 is 1.60 bits per heavy atom. The zero-order valence-electron chi connectivity index (χ0n) is 8.62. The first-order valence-electron chi connectivity index (χ1n) is 4.67. The van der Waals surface area contributed by atoms with Gasteiger partial charge in [0.25, 0.3) is 0 Å². The summed E-state index contributed by atoms with van der Waals surface area (Å²) in [5, 5.41) is 26.6. The molecule has 0 radical (unpaired) electrons. The maximum Gasteiger partial charge on any atom is 0.203 e. The molecule has 0 aliphatic rings. The van der Waals surface area contributed by atoms with Gasteiger partial charge in [0.05, 0.1) is 5.54 Å². The van der Waals surface area contributed by atoms with Crippen molar-refractivity contribution in [2.45, 2.75) is 38.3 Å². The second-order valence-corrected chi connectivity index (χ2v) is 3.17. The van der Waals surface area contributed by atoms with Crippen LogP contribution in [0, 0.1) is 0 Å². The summed E-state index contributed by atoms with van der Waals surface area (Å²) in [6.07, 6.45) is -0.0332. The summed E-state index contributed by atoms with van der Waals surface area (Å²) >= 11 is 0. The summed E-state index contributed by atoms with van der Waals surface area (Å²) in [6, 6.07) is 0. The number of aromatic nitrogens is 4. The maximum absolute atomic E-state index is 10.0. The molecule has 0 amide bonds. The number of azide groups is 1. The van der Waals surface area contributed by atoms with Gasteiger partial charge >= 0.3 is 0 Å². The third-order valence-corrected chi connectivity index (χ3v) is 2.58. The number of aromatic amines is 1. The molecule has 0 fully saturated rings. The third-order valence-electron chi connectivity index (χ3n) is 2.58. The van der Waals surface area contributed by atoms with Crippen LogP contribution in [0.4, 0.5) is 0 Å². The average Bonchev–Trinajstić information content (AvgIpc) is 2.78. The van der Waals surface area contributed by atoms with E-state index >= 15 is 0 Å². The van der Waals surface area contributed by atoms with Gasteiger partial charge in [-0.2, -0.15) is 5.21 Å². The Morgan fingerprint density at radius 2 is 2.27 bits per heavy atom. The van der Waals surface area contributed by atoms with Crippen LogP contribution in [0.1, 0.15) is 38.6 Å². The Bertz CT molecular complexity index is 338. The van der Waals surface area contributed by atoms with Crippen LogP contribution >= 0.6 is 0 Å². The fourth-order valence-electron chi connectivity index (χ4n) is 1.45. The van der Waals surface area contributed by atoms with Crippen molar-refractivity contribution in [3.05, 3.63) is 16.3 Å². The quantitative estimate of drug-likeness (QED) is 0.430. The molecule has 1 unspecified atom stereocenters. The van der Waals surface area contributed by atoms with Gasteiger partial charge in [-0.1, -0.05) is 24.2 Å². The van der Waals surface area contributed by atoms with E-state index in [9.17, 15) is 5.11 Å². The fraction of sp³-hybridized carbons (Fsp3) is 0.857. The van der Waals surface area contributed by atoms with Crippen LogP contribution in [-0.2, 0) is 0 Å². The zero-order chi connectivity index (χ0) is 11.3. The lowest BCUT2D eigenvalue weighted by molar-refractivity contribution is 0.0706. The lowest BCUT2D eigenvalue weighted by Crippen LogP contribution is -2.33. The highest BCUT2D eigenvalue weighted by molar-refractivity contribution is 5.01. The van der Waals surface area contributed by atoms with E-state index < -0.39 is 11.6 Å². The minimum Gasteiger partial charge on any atom is -0.384 e. The summed E-state index contributed by atoms with van der Waals surface area (Å²) in [5.74, 6) is 0.145. The van der Waals surface area contributed by atoms with Crippen LogP contribution in [0.3, 0.4) is 0 Å². The van der Waals surface area contributed by atoms with Gasteiger partial charge < -0.3 is 5.11 Å². The van der Waals surface area contributed by atoms with Crippen LogP contribution in [0.2, 0.25) is 0 Å². The molecule has 0 aliphatic heterocycles. The van der Waals surface area contributed by atoms with Gasteiger partial charge in [-0.15, -0.1) is 10.2 Å². The van der Waals surface area contributed by atoms with Gasteiger partial charge in [-0.25, -0.2) is 0 Å². The molecule has 0 saturated heterocycles. The molecule has 8 nitrogen and oxygen atoms in total. The topological polar surface area (TPSA) is 123 Å². The van der Waals surface area contributed by atoms with Crippen LogP contribution in [-0.4, -0.2) is 31.3 Å². The molecule has 1 aromatic heterocycles. The van der Waals surface area contributed by atoms with Crippen molar-refractivity contribution in [3.8, 4) is 0 Å².